The van der Waals surface area contributed by atoms with Crippen molar-refractivity contribution in [1.29, 1.82) is 0 Å². The van der Waals surface area contributed by atoms with Crippen LogP contribution in [0.5, 0.6) is 0 Å². The van der Waals surface area contributed by atoms with E-state index in [4.69, 9.17) is 0 Å². The highest BCUT2D eigenvalue weighted by molar-refractivity contribution is 7.81. The first kappa shape index (κ1) is 19.3. The molecule has 0 bridgehead atoms. The average molecular weight is 322 g/mol. The topological polar surface area (TPSA) is 105 Å². The average Bonchev–Trinajstić information content (AvgIpc) is 2.25. The van der Waals surface area contributed by atoms with E-state index in [1.54, 1.807) is 0 Å². The van der Waals surface area contributed by atoms with Crippen LogP contribution in [0, 0.1) is 0 Å². The van der Waals surface area contributed by atoms with E-state index < -0.39 is 34.9 Å². The minimum atomic E-state index is -4.54. The maximum atomic E-state index is 11.5. The Balaban J connectivity index is 4.49. The first-order valence-corrected chi connectivity index (χ1v) is 7.12. The number of esters is 2. The van der Waals surface area contributed by atoms with Gasteiger partial charge in [-0.2, -0.15) is 8.42 Å². The molecule has 120 valence electrons. The van der Waals surface area contributed by atoms with Crippen molar-refractivity contribution >= 4 is 22.3 Å². The van der Waals surface area contributed by atoms with Crippen LogP contribution in [-0.2, 0) is 37.8 Å². The van der Waals surface area contributed by atoms with Gasteiger partial charge >= 0.3 is 22.3 Å². The molecule has 0 amide bonds. The predicted octanol–water partition coefficient (Wildman–Crippen LogP) is 1.19. The summed E-state index contributed by atoms with van der Waals surface area (Å²) in [5, 5.41) is 0. The third kappa shape index (κ3) is 8.23. The monoisotopic (exact) mass is 322 g/mol. The lowest BCUT2D eigenvalue weighted by molar-refractivity contribution is -0.161. The molecule has 0 aromatic rings. The van der Waals surface area contributed by atoms with Crippen LogP contribution in [0.3, 0.4) is 0 Å². The molecule has 0 aromatic carbocycles. The quantitative estimate of drug-likeness (QED) is 0.373. The first-order chi connectivity index (χ1) is 9.44. The fourth-order valence-corrected chi connectivity index (χ4v) is 1.68. The van der Waals surface area contributed by atoms with Crippen molar-refractivity contribution in [3.05, 3.63) is 24.3 Å². The zero-order valence-electron chi connectivity index (χ0n) is 12.2. The molecule has 0 rings (SSSR count). The van der Waals surface area contributed by atoms with E-state index >= 15 is 0 Å². The maximum Gasteiger partial charge on any atom is 0.406 e. The van der Waals surface area contributed by atoms with Crippen LogP contribution in [0.4, 0.5) is 0 Å². The van der Waals surface area contributed by atoms with Crippen LogP contribution in [0.2, 0.25) is 0 Å². The van der Waals surface area contributed by atoms with Gasteiger partial charge in [-0.3, -0.25) is 0 Å². The molecule has 0 saturated carbocycles. The van der Waals surface area contributed by atoms with Crippen molar-refractivity contribution in [3.8, 4) is 0 Å². The van der Waals surface area contributed by atoms with Gasteiger partial charge in [0.2, 0.25) is 12.6 Å². The van der Waals surface area contributed by atoms with Crippen molar-refractivity contribution in [2.75, 3.05) is 0 Å². The molecule has 0 aliphatic heterocycles. The van der Waals surface area contributed by atoms with Gasteiger partial charge in [-0.05, 0) is 27.7 Å². The number of carbonyl (C=O) groups is 2. The maximum absolute atomic E-state index is 11.5. The van der Waals surface area contributed by atoms with Crippen LogP contribution in [0.15, 0.2) is 24.3 Å². The summed E-state index contributed by atoms with van der Waals surface area (Å²) < 4.78 is 41.0. The summed E-state index contributed by atoms with van der Waals surface area (Å²) in [6.45, 7) is 11.8. The van der Waals surface area contributed by atoms with E-state index in [1.165, 1.54) is 27.7 Å². The summed E-state index contributed by atoms with van der Waals surface area (Å²) in [5.74, 6) is -1.64. The van der Waals surface area contributed by atoms with Gasteiger partial charge in [-0.1, -0.05) is 13.2 Å². The van der Waals surface area contributed by atoms with E-state index in [0.717, 1.165) is 0 Å². The third-order valence-electron chi connectivity index (χ3n) is 1.75. The van der Waals surface area contributed by atoms with Crippen molar-refractivity contribution in [3.63, 3.8) is 0 Å². The molecule has 0 aromatic heterocycles. The Hall–Kier alpha value is -1.71. The summed E-state index contributed by atoms with van der Waals surface area (Å²) in [7, 11) is -4.54. The van der Waals surface area contributed by atoms with Crippen LogP contribution in [0.1, 0.15) is 27.7 Å². The van der Waals surface area contributed by atoms with Gasteiger partial charge in [0, 0.05) is 11.1 Å². The molecule has 0 aliphatic rings. The normalized spacial score (nSPS) is 13.9. The lowest BCUT2D eigenvalue weighted by Crippen LogP contribution is -2.27. The molecular weight excluding hydrogens is 304 g/mol. The summed E-state index contributed by atoms with van der Waals surface area (Å²) in [4.78, 5) is 22.3. The van der Waals surface area contributed by atoms with Gasteiger partial charge in [0.1, 0.15) is 0 Å². The zero-order valence-corrected chi connectivity index (χ0v) is 13.1. The van der Waals surface area contributed by atoms with Crippen LogP contribution < -0.4 is 0 Å². The molecule has 0 radical (unpaired) electrons. The molecule has 0 spiro atoms. The third-order valence-corrected chi connectivity index (χ3v) is 2.76. The first-order valence-electron chi connectivity index (χ1n) is 5.79. The van der Waals surface area contributed by atoms with Gasteiger partial charge in [0.15, 0.2) is 0 Å². The molecule has 0 saturated heterocycles. The lowest BCUT2D eigenvalue weighted by atomic mass is 10.4. The van der Waals surface area contributed by atoms with E-state index in [1.807, 2.05) is 0 Å². The fourth-order valence-electron chi connectivity index (χ4n) is 0.897. The van der Waals surface area contributed by atoms with Gasteiger partial charge in [-0.15, -0.1) is 0 Å². The Morgan fingerprint density at radius 2 is 1.14 bits per heavy atom. The Kier molecular flexibility index (Phi) is 7.27. The second-order valence-electron chi connectivity index (χ2n) is 4.11. The molecule has 8 nitrogen and oxygen atoms in total. The van der Waals surface area contributed by atoms with Crippen molar-refractivity contribution in [2.24, 2.45) is 0 Å². The van der Waals surface area contributed by atoms with Crippen molar-refractivity contribution in [1.82, 2.24) is 0 Å². The highest BCUT2D eigenvalue weighted by Gasteiger charge is 2.24. The van der Waals surface area contributed by atoms with Gasteiger partial charge in [0.25, 0.3) is 0 Å². The standard InChI is InChI=1S/C12H18O8S/c1-7(2)11(13)17-9(5)19-21(15,16)20-10(6)18-12(14)8(3)4/h9-10H,1,3H2,2,4-6H3. The predicted molar refractivity (Wildman–Crippen MR) is 71.8 cm³/mol. The highest BCUT2D eigenvalue weighted by Crippen LogP contribution is 2.10. The largest absolute Gasteiger partial charge is 0.431 e. The summed E-state index contributed by atoms with van der Waals surface area (Å²) >= 11 is 0. The number of carbonyl (C=O) groups excluding carboxylic acids is 2. The van der Waals surface area contributed by atoms with Gasteiger partial charge in [-0.25, -0.2) is 18.0 Å². The van der Waals surface area contributed by atoms with Crippen LogP contribution in [0.25, 0.3) is 0 Å². The molecule has 21 heavy (non-hydrogen) atoms. The number of rotatable bonds is 8. The minimum absolute atomic E-state index is 0.0764. The smallest absolute Gasteiger partial charge is 0.406 e. The Bertz CT molecular complexity index is 491. The van der Waals surface area contributed by atoms with Crippen molar-refractivity contribution in [2.45, 2.75) is 40.3 Å². The fraction of sp³-hybridized carbons (Fsp3) is 0.500. The zero-order chi connectivity index (χ0) is 16.8. The number of ether oxygens (including phenoxy) is 2. The van der Waals surface area contributed by atoms with Gasteiger partial charge < -0.3 is 9.47 Å². The van der Waals surface area contributed by atoms with Crippen LogP contribution >= 0.6 is 0 Å². The Labute approximate surface area is 123 Å². The molecule has 2 unspecified atom stereocenters. The minimum Gasteiger partial charge on any atom is -0.431 e. The van der Waals surface area contributed by atoms with Crippen molar-refractivity contribution < 1.29 is 35.8 Å². The summed E-state index contributed by atoms with van der Waals surface area (Å²) in [5.41, 5.74) is 0.153. The molecule has 0 N–H and O–H groups in total. The molecule has 9 heteroatoms. The summed E-state index contributed by atoms with van der Waals surface area (Å²) in [6, 6.07) is 0. The van der Waals surface area contributed by atoms with Gasteiger partial charge in [0.05, 0.1) is 0 Å². The number of hydrogen-bond acceptors (Lipinski definition) is 8. The SMILES string of the molecule is C=C(C)C(=O)OC(C)OS(=O)(=O)OC(C)OC(=O)C(=C)C. The molecule has 0 heterocycles. The molecule has 2 atom stereocenters. The Morgan fingerprint density at radius 3 is 1.38 bits per heavy atom. The van der Waals surface area contributed by atoms with E-state index in [2.05, 4.69) is 31.0 Å². The molecule has 0 aliphatic carbocycles. The lowest BCUT2D eigenvalue weighted by Gasteiger charge is -2.16. The Morgan fingerprint density at radius 1 is 0.857 bits per heavy atom. The van der Waals surface area contributed by atoms with Crippen LogP contribution in [-0.4, -0.2) is 32.9 Å². The summed E-state index contributed by atoms with van der Waals surface area (Å²) in [6.07, 6.45) is -2.86. The van der Waals surface area contributed by atoms with E-state index in [9.17, 15) is 18.0 Å². The number of hydrogen-bond donors (Lipinski definition) is 0. The second kappa shape index (κ2) is 7.91. The van der Waals surface area contributed by atoms with E-state index in [-0.39, 0.29) is 11.1 Å². The van der Waals surface area contributed by atoms with E-state index in [0.29, 0.717) is 0 Å². The highest BCUT2D eigenvalue weighted by atomic mass is 32.3. The molecule has 0 fully saturated rings. The second-order valence-corrected chi connectivity index (χ2v) is 5.31. The molecular formula is C12H18O8S.